The summed E-state index contributed by atoms with van der Waals surface area (Å²) in [5, 5.41) is 11.9. The molecule has 0 spiro atoms. The fraction of sp³-hybridized carbons (Fsp3) is 0.852. The van der Waals surface area contributed by atoms with E-state index in [0.717, 1.165) is 64.2 Å². The number of allylic oxidation sites excluding steroid dienone is 10. The Labute approximate surface area is 603 Å². The smallest absolute Gasteiger partial charge is 0.306 e. The highest BCUT2D eigenvalue weighted by Gasteiger charge is 2.22. The van der Waals surface area contributed by atoms with E-state index in [9.17, 15) is 19.5 Å². The third-order valence-electron chi connectivity index (χ3n) is 19.2. The predicted molar refractivity (Wildman–Crippen MR) is 417 cm³/mol. The summed E-state index contributed by atoms with van der Waals surface area (Å²) >= 11 is 0. The number of carboxylic acid groups (broad SMARTS) is 1. The molecule has 0 aromatic rings. The van der Waals surface area contributed by atoms with E-state index in [0.29, 0.717) is 17.4 Å². The molecular formula is C88H163NO8. The molecule has 0 aromatic heterocycles. The van der Waals surface area contributed by atoms with Gasteiger partial charge in [-0.1, -0.05) is 396 Å². The van der Waals surface area contributed by atoms with Crippen LogP contribution in [0.15, 0.2) is 60.8 Å². The Balaban J connectivity index is 3.92. The van der Waals surface area contributed by atoms with Gasteiger partial charge in [0.05, 0.1) is 40.3 Å². The molecule has 0 bridgehead atoms. The molecule has 0 rings (SSSR count). The molecule has 0 N–H and O–H groups in total. The zero-order valence-corrected chi connectivity index (χ0v) is 65.2. The van der Waals surface area contributed by atoms with Crippen molar-refractivity contribution in [1.29, 1.82) is 0 Å². The third-order valence-corrected chi connectivity index (χ3v) is 19.2. The van der Waals surface area contributed by atoms with Crippen LogP contribution < -0.4 is 5.11 Å². The Morgan fingerprint density at radius 2 is 0.588 bits per heavy atom. The summed E-state index contributed by atoms with van der Waals surface area (Å²) in [5.41, 5.74) is 0. The topological polar surface area (TPSA) is 111 Å². The van der Waals surface area contributed by atoms with Crippen molar-refractivity contribution < 1.29 is 42.9 Å². The van der Waals surface area contributed by atoms with Gasteiger partial charge in [-0.05, 0) is 77.0 Å². The molecule has 9 heteroatoms. The van der Waals surface area contributed by atoms with Crippen LogP contribution in [0.25, 0.3) is 0 Å². The Hall–Kier alpha value is -3.01. The van der Waals surface area contributed by atoms with E-state index >= 15 is 0 Å². The molecule has 2 unspecified atom stereocenters. The lowest BCUT2D eigenvalue weighted by atomic mass is 10.0. The van der Waals surface area contributed by atoms with E-state index in [1.165, 1.54) is 334 Å². The lowest BCUT2D eigenvalue weighted by molar-refractivity contribution is -0.870. The standard InChI is InChI=1S/C88H163NO8/c1-6-8-10-12-14-16-18-20-22-24-26-28-30-32-34-36-38-40-41-42-43-44-45-47-48-50-52-54-56-58-60-62-64-66-68-70-72-74-76-78-85(90)95-82-84(83-96-88(87(92)93)94-81-80-89(3,4)5)97-86(91)79-77-75-73-71-69-67-65-63-61-59-57-55-53-51-49-46-39-37-35-33-31-29-27-25-23-21-19-17-15-13-11-9-7-2/h9,11,15,17,21,23-24,26-27,29,84,88H,6-8,10,12-14,16,18-20,22,25,28,30-83H2,1-5H3/b11-9-,17-15-,23-21-,26-24-,29-27-. The maximum absolute atomic E-state index is 13.0. The van der Waals surface area contributed by atoms with E-state index in [2.05, 4.69) is 74.6 Å². The van der Waals surface area contributed by atoms with E-state index in [4.69, 9.17) is 18.9 Å². The first-order valence-corrected chi connectivity index (χ1v) is 42.4. The third kappa shape index (κ3) is 80.2. The number of likely N-dealkylation sites (N-methyl/N-ethyl adjacent to an activating group) is 1. The quantitative estimate of drug-likeness (QED) is 0.0195. The summed E-state index contributed by atoms with van der Waals surface area (Å²) in [4.78, 5) is 37.6. The molecule has 0 saturated carbocycles. The monoisotopic (exact) mass is 1360 g/mol. The Bertz CT molecular complexity index is 1780. The second-order valence-electron chi connectivity index (χ2n) is 30.1. The van der Waals surface area contributed by atoms with Gasteiger partial charge in [0.2, 0.25) is 0 Å². The van der Waals surface area contributed by atoms with Crippen LogP contribution in [-0.2, 0) is 33.3 Å². The maximum atomic E-state index is 13.0. The van der Waals surface area contributed by atoms with Gasteiger partial charge in [-0.3, -0.25) is 9.59 Å². The van der Waals surface area contributed by atoms with Gasteiger partial charge < -0.3 is 33.3 Å². The Morgan fingerprint density at radius 3 is 0.887 bits per heavy atom. The summed E-state index contributed by atoms with van der Waals surface area (Å²) in [6.07, 6.45) is 102. The van der Waals surface area contributed by atoms with Gasteiger partial charge in [0.25, 0.3) is 0 Å². The number of hydrogen-bond donors (Lipinski definition) is 0. The number of rotatable bonds is 80. The summed E-state index contributed by atoms with van der Waals surface area (Å²) in [6, 6.07) is 0. The molecule has 568 valence electrons. The highest BCUT2D eigenvalue weighted by atomic mass is 16.7. The summed E-state index contributed by atoms with van der Waals surface area (Å²) in [6.45, 7) is 4.71. The van der Waals surface area contributed by atoms with Gasteiger partial charge in [0.15, 0.2) is 12.4 Å². The highest BCUT2D eigenvalue weighted by Crippen LogP contribution is 2.20. The molecule has 0 aromatic carbocycles. The molecule has 9 nitrogen and oxygen atoms in total. The fourth-order valence-corrected chi connectivity index (χ4v) is 12.8. The minimum absolute atomic E-state index is 0.150. The van der Waals surface area contributed by atoms with Crippen molar-refractivity contribution in [1.82, 2.24) is 0 Å². The van der Waals surface area contributed by atoms with Crippen LogP contribution >= 0.6 is 0 Å². The molecule has 0 aliphatic rings. The van der Waals surface area contributed by atoms with Crippen LogP contribution in [0.4, 0.5) is 0 Å². The first-order valence-electron chi connectivity index (χ1n) is 42.4. The number of esters is 2. The number of unbranched alkanes of at least 4 members (excludes halogenated alkanes) is 55. The van der Waals surface area contributed by atoms with Crippen molar-refractivity contribution >= 4 is 17.9 Å². The number of ether oxygens (including phenoxy) is 4. The molecule has 0 saturated heterocycles. The molecule has 0 aliphatic heterocycles. The number of carbonyl (C=O) groups excluding carboxylic acids is 3. The molecule has 0 aliphatic carbocycles. The van der Waals surface area contributed by atoms with Gasteiger partial charge in [0.1, 0.15) is 13.2 Å². The van der Waals surface area contributed by atoms with Gasteiger partial charge in [-0.15, -0.1) is 0 Å². The number of carboxylic acids is 1. The molecule has 0 heterocycles. The van der Waals surface area contributed by atoms with Crippen molar-refractivity contribution in [3.05, 3.63) is 60.8 Å². The molecule has 0 amide bonds. The van der Waals surface area contributed by atoms with Crippen LogP contribution in [0, 0.1) is 0 Å². The molecule has 97 heavy (non-hydrogen) atoms. The van der Waals surface area contributed by atoms with Crippen LogP contribution in [-0.4, -0.2) is 82.3 Å². The molecular weight excluding hydrogens is 1200 g/mol. The SMILES string of the molecule is CC/C=C\C/C=C\C/C=C\C/C=C\CCCCCCCCCCCCCCCCCCCCCCC(=O)OC(COC(=O)CCCCCCCCCCCCCCCCCCCCCCCCCCCCC/C=C\CCCCCCCCCC)COC(OCC[N+](C)(C)C)C(=O)[O-]. The number of hydrogen-bond acceptors (Lipinski definition) is 8. The fourth-order valence-electron chi connectivity index (χ4n) is 12.8. The average Bonchev–Trinajstić information content (AvgIpc) is 2.59. The van der Waals surface area contributed by atoms with E-state index in [1.54, 1.807) is 0 Å². The Kier molecular flexibility index (Phi) is 76.3. The average molecular weight is 1360 g/mol. The van der Waals surface area contributed by atoms with E-state index in [-0.39, 0.29) is 32.2 Å². The van der Waals surface area contributed by atoms with Crippen LogP contribution in [0.3, 0.4) is 0 Å². The number of quaternary nitrogens is 1. The largest absolute Gasteiger partial charge is 0.545 e. The number of carbonyl (C=O) groups is 3. The lowest BCUT2D eigenvalue weighted by Gasteiger charge is -2.26. The van der Waals surface area contributed by atoms with Crippen molar-refractivity contribution in [3.8, 4) is 0 Å². The first kappa shape index (κ1) is 94.0. The summed E-state index contributed by atoms with van der Waals surface area (Å²) in [5.74, 6) is -2.25. The van der Waals surface area contributed by atoms with Crippen LogP contribution in [0.2, 0.25) is 0 Å². The van der Waals surface area contributed by atoms with E-state index in [1.807, 2.05) is 21.1 Å². The van der Waals surface area contributed by atoms with Crippen molar-refractivity contribution in [2.24, 2.45) is 0 Å². The van der Waals surface area contributed by atoms with Gasteiger partial charge in [0, 0.05) is 12.8 Å². The normalized spacial score (nSPS) is 12.9. The Morgan fingerprint density at radius 1 is 0.320 bits per heavy atom. The number of nitrogens with zero attached hydrogens (tertiary/aromatic N) is 1. The lowest BCUT2D eigenvalue weighted by Crippen LogP contribution is -2.44. The number of aliphatic carboxylic acids is 1. The molecule has 0 radical (unpaired) electrons. The first-order chi connectivity index (χ1) is 47.6. The summed E-state index contributed by atoms with van der Waals surface area (Å²) in [7, 11) is 5.95. The zero-order valence-electron chi connectivity index (χ0n) is 65.2. The molecule has 2 atom stereocenters. The second-order valence-corrected chi connectivity index (χ2v) is 30.1. The zero-order chi connectivity index (χ0) is 70.4. The predicted octanol–water partition coefficient (Wildman–Crippen LogP) is 26.0. The van der Waals surface area contributed by atoms with Crippen LogP contribution in [0.1, 0.15) is 425 Å². The minimum Gasteiger partial charge on any atom is -0.545 e. The van der Waals surface area contributed by atoms with Crippen molar-refractivity contribution in [2.75, 3.05) is 47.5 Å². The maximum Gasteiger partial charge on any atom is 0.306 e. The van der Waals surface area contributed by atoms with Crippen LogP contribution in [0.5, 0.6) is 0 Å². The van der Waals surface area contributed by atoms with Gasteiger partial charge in [-0.25, -0.2) is 0 Å². The second kappa shape index (κ2) is 78.7. The minimum atomic E-state index is -1.62. The van der Waals surface area contributed by atoms with Gasteiger partial charge >= 0.3 is 11.9 Å². The van der Waals surface area contributed by atoms with Crippen molar-refractivity contribution in [3.63, 3.8) is 0 Å². The highest BCUT2D eigenvalue weighted by molar-refractivity contribution is 5.70. The van der Waals surface area contributed by atoms with Crippen molar-refractivity contribution in [2.45, 2.75) is 437 Å². The van der Waals surface area contributed by atoms with E-state index < -0.39 is 24.3 Å². The summed E-state index contributed by atoms with van der Waals surface area (Å²) < 4.78 is 22.9. The molecule has 0 fully saturated rings. The van der Waals surface area contributed by atoms with Gasteiger partial charge in [-0.2, -0.15) is 0 Å².